The molecule has 2 aliphatic rings. The molecule has 1 N–H and O–H groups in total. The van der Waals surface area contributed by atoms with Gasteiger partial charge in [-0.05, 0) is 50.4 Å². The van der Waals surface area contributed by atoms with Crippen LogP contribution in [0, 0.1) is 0 Å². The van der Waals surface area contributed by atoms with E-state index in [1.165, 1.54) is 23.9 Å². The van der Waals surface area contributed by atoms with Gasteiger partial charge in [0.2, 0.25) is 0 Å². The molecule has 0 atom stereocenters. The molecule has 0 bridgehead atoms. The molecule has 29 heavy (non-hydrogen) atoms. The van der Waals surface area contributed by atoms with Crippen molar-refractivity contribution in [2.75, 3.05) is 37.6 Å². The Balaban J connectivity index is 1.09. The van der Waals surface area contributed by atoms with Crippen molar-refractivity contribution in [3.63, 3.8) is 0 Å². The highest BCUT2D eigenvalue weighted by molar-refractivity contribution is 5.98. The molecule has 1 aromatic carbocycles. The maximum Gasteiger partial charge on any atom is 0.164 e. The number of para-hydroxylation sites is 1. The van der Waals surface area contributed by atoms with Gasteiger partial charge in [-0.1, -0.05) is 12.1 Å². The Kier molecular flexibility index (Phi) is 5.10. The van der Waals surface area contributed by atoms with Crippen LogP contribution in [0.2, 0.25) is 0 Å². The number of anilines is 1. The molecule has 2 aromatic heterocycles. The number of H-pyrrole nitrogens is 1. The van der Waals surface area contributed by atoms with E-state index >= 15 is 0 Å². The minimum Gasteiger partial charge on any atom is -0.352 e. The van der Waals surface area contributed by atoms with Gasteiger partial charge >= 0.3 is 0 Å². The monoisotopic (exact) mass is 391 g/mol. The highest BCUT2D eigenvalue weighted by Crippen LogP contribution is 2.25. The molecule has 0 radical (unpaired) electrons. The Labute approximate surface area is 171 Å². The number of aromatic nitrogens is 3. The van der Waals surface area contributed by atoms with Gasteiger partial charge in [-0.25, -0.2) is 0 Å². The molecule has 1 aliphatic heterocycles. The van der Waals surface area contributed by atoms with Crippen molar-refractivity contribution < 1.29 is 4.79 Å². The SMILES string of the molecule is O=C1CCCc2c1ccn2CCCCN1CCN(c2n[nH]c3ccccc23)CC1. The predicted octanol–water partition coefficient (Wildman–Crippen LogP) is 3.49. The first-order chi connectivity index (χ1) is 14.3. The number of piperazine rings is 1. The first-order valence-electron chi connectivity index (χ1n) is 10.9. The molecule has 6 nitrogen and oxygen atoms in total. The maximum absolute atomic E-state index is 12.0. The summed E-state index contributed by atoms with van der Waals surface area (Å²) in [4.78, 5) is 17.0. The number of hydrogen-bond donors (Lipinski definition) is 1. The Morgan fingerprint density at radius 1 is 0.966 bits per heavy atom. The van der Waals surface area contributed by atoms with Crippen molar-refractivity contribution in [2.24, 2.45) is 0 Å². The van der Waals surface area contributed by atoms with Crippen molar-refractivity contribution in [3.8, 4) is 0 Å². The number of aromatic amines is 1. The Bertz CT molecular complexity index is 996. The lowest BCUT2D eigenvalue weighted by molar-refractivity contribution is 0.0971. The number of nitrogens with one attached hydrogen (secondary N) is 1. The molecule has 152 valence electrons. The Hall–Kier alpha value is -2.60. The first-order valence-corrected chi connectivity index (χ1v) is 10.9. The van der Waals surface area contributed by atoms with Crippen molar-refractivity contribution in [2.45, 2.75) is 38.6 Å². The zero-order chi connectivity index (χ0) is 19.6. The van der Waals surface area contributed by atoms with Gasteiger partial charge in [-0.2, -0.15) is 5.10 Å². The summed E-state index contributed by atoms with van der Waals surface area (Å²) in [5, 5.41) is 8.91. The largest absolute Gasteiger partial charge is 0.352 e. The third-order valence-electron chi connectivity index (χ3n) is 6.44. The average Bonchev–Trinajstić information content (AvgIpc) is 3.37. The van der Waals surface area contributed by atoms with Crippen molar-refractivity contribution in [3.05, 3.63) is 47.8 Å². The van der Waals surface area contributed by atoms with Gasteiger partial charge in [0.05, 0.1) is 5.52 Å². The van der Waals surface area contributed by atoms with Crippen molar-refractivity contribution >= 4 is 22.5 Å². The molecular weight excluding hydrogens is 362 g/mol. The molecule has 3 heterocycles. The number of carbonyl (C=O) groups excluding carboxylic acids is 1. The van der Waals surface area contributed by atoms with Gasteiger partial charge in [0.25, 0.3) is 0 Å². The number of ketones is 1. The summed E-state index contributed by atoms with van der Waals surface area (Å²) in [6.07, 6.45) is 7.26. The van der Waals surface area contributed by atoms with E-state index in [1.807, 2.05) is 12.1 Å². The number of benzene rings is 1. The van der Waals surface area contributed by atoms with E-state index in [4.69, 9.17) is 0 Å². The van der Waals surface area contributed by atoms with Gasteiger partial charge in [-0.15, -0.1) is 0 Å². The molecule has 0 amide bonds. The summed E-state index contributed by atoms with van der Waals surface area (Å²) in [6.45, 7) is 6.42. The van der Waals surface area contributed by atoms with E-state index in [2.05, 4.69) is 49.0 Å². The number of carbonyl (C=O) groups is 1. The van der Waals surface area contributed by atoms with Crippen LogP contribution >= 0.6 is 0 Å². The topological polar surface area (TPSA) is 57.2 Å². The Morgan fingerprint density at radius 2 is 1.79 bits per heavy atom. The minimum absolute atomic E-state index is 0.326. The van der Waals surface area contributed by atoms with Gasteiger partial charge in [0.1, 0.15) is 0 Å². The number of nitrogens with zero attached hydrogens (tertiary/aromatic N) is 4. The second-order valence-electron chi connectivity index (χ2n) is 8.27. The fourth-order valence-corrected chi connectivity index (χ4v) is 4.79. The summed E-state index contributed by atoms with van der Waals surface area (Å²) in [6, 6.07) is 10.4. The molecule has 1 saturated heterocycles. The summed E-state index contributed by atoms with van der Waals surface area (Å²) in [7, 11) is 0. The lowest BCUT2D eigenvalue weighted by atomic mass is 9.97. The van der Waals surface area contributed by atoms with Crippen molar-refractivity contribution in [1.82, 2.24) is 19.7 Å². The van der Waals surface area contributed by atoms with E-state index in [1.54, 1.807) is 0 Å². The number of unbranched alkanes of at least 4 members (excludes halogenated alkanes) is 1. The second kappa shape index (κ2) is 8.03. The third kappa shape index (κ3) is 3.69. The fraction of sp³-hybridized carbons (Fsp3) is 0.478. The fourth-order valence-electron chi connectivity index (χ4n) is 4.79. The average molecular weight is 392 g/mol. The van der Waals surface area contributed by atoms with E-state index in [9.17, 15) is 4.79 Å². The predicted molar refractivity (Wildman–Crippen MR) is 116 cm³/mol. The number of rotatable bonds is 6. The van der Waals surface area contributed by atoms with Crippen molar-refractivity contribution in [1.29, 1.82) is 0 Å². The van der Waals surface area contributed by atoms with E-state index in [0.29, 0.717) is 5.78 Å². The smallest absolute Gasteiger partial charge is 0.164 e. The second-order valence-corrected chi connectivity index (χ2v) is 8.27. The zero-order valence-corrected chi connectivity index (χ0v) is 16.9. The molecule has 0 spiro atoms. The van der Waals surface area contributed by atoms with Crippen LogP contribution in [0.25, 0.3) is 10.9 Å². The highest BCUT2D eigenvalue weighted by Gasteiger charge is 2.21. The van der Waals surface area contributed by atoms with Crippen LogP contribution in [0.3, 0.4) is 0 Å². The van der Waals surface area contributed by atoms with Crippen LogP contribution in [0.4, 0.5) is 5.82 Å². The van der Waals surface area contributed by atoms with Crippen LogP contribution in [-0.4, -0.2) is 58.2 Å². The molecular formula is C23H29N5O. The standard InChI is InChI=1S/C23H29N5O/c29-22-9-5-8-21-19(22)10-13-27(21)12-4-3-11-26-14-16-28(17-15-26)23-18-6-1-2-7-20(18)24-25-23/h1-2,6-7,10,13H,3-5,8-9,11-12,14-17H2,(H,24,25). The number of fused-ring (bicyclic) bond motifs is 2. The molecule has 3 aromatic rings. The van der Waals surface area contributed by atoms with Crippen LogP contribution in [0.15, 0.2) is 36.5 Å². The molecule has 1 aliphatic carbocycles. The number of aryl methyl sites for hydroxylation is 1. The van der Waals surface area contributed by atoms with Crippen LogP contribution in [-0.2, 0) is 13.0 Å². The van der Waals surface area contributed by atoms with E-state index in [-0.39, 0.29) is 0 Å². The molecule has 6 heteroatoms. The minimum atomic E-state index is 0.326. The summed E-state index contributed by atoms with van der Waals surface area (Å²) >= 11 is 0. The lowest BCUT2D eigenvalue weighted by Gasteiger charge is -2.35. The summed E-state index contributed by atoms with van der Waals surface area (Å²) in [5.74, 6) is 1.42. The molecule has 1 fully saturated rings. The number of Topliss-reactive ketones (excluding diaryl/α,β-unsaturated/α-hetero) is 1. The molecule has 0 unspecified atom stereocenters. The maximum atomic E-state index is 12.0. The summed E-state index contributed by atoms with van der Waals surface area (Å²) < 4.78 is 2.31. The quantitative estimate of drug-likeness (QED) is 0.654. The highest BCUT2D eigenvalue weighted by atomic mass is 16.1. The third-order valence-corrected chi connectivity index (χ3v) is 6.44. The van der Waals surface area contributed by atoms with Gasteiger partial charge in [0, 0.05) is 62.0 Å². The zero-order valence-electron chi connectivity index (χ0n) is 16.9. The van der Waals surface area contributed by atoms with E-state index in [0.717, 1.165) is 75.4 Å². The van der Waals surface area contributed by atoms with Crippen LogP contribution in [0.1, 0.15) is 41.7 Å². The van der Waals surface area contributed by atoms with Crippen LogP contribution in [0.5, 0.6) is 0 Å². The first kappa shape index (κ1) is 18.4. The number of hydrogen-bond acceptors (Lipinski definition) is 4. The van der Waals surface area contributed by atoms with Gasteiger partial charge < -0.3 is 9.47 Å². The van der Waals surface area contributed by atoms with E-state index < -0.39 is 0 Å². The normalized spacial score (nSPS) is 17.8. The molecule has 0 saturated carbocycles. The Morgan fingerprint density at radius 3 is 2.69 bits per heavy atom. The molecule has 5 rings (SSSR count). The van der Waals surface area contributed by atoms with Gasteiger partial charge in [0.15, 0.2) is 11.6 Å². The lowest BCUT2D eigenvalue weighted by Crippen LogP contribution is -2.46. The van der Waals surface area contributed by atoms with Gasteiger partial charge in [-0.3, -0.25) is 14.8 Å². The summed E-state index contributed by atoms with van der Waals surface area (Å²) in [5.41, 5.74) is 3.35. The van der Waals surface area contributed by atoms with Crippen LogP contribution < -0.4 is 4.90 Å².